The minimum absolute atomic E-state index is 0.363. The normalized spacial score (nSPS) is 27.3. The van der Waals surface area contributed by atoms with Crippen molar-refractivity contribution in [1.29, 1.82) is 0 Å². The summed E-state index contributed by atoms with van der Waals surface area (Å²) >= 11 is 5.94. The van der Waals surface area contributed by atoms with Crippen LogP contribution in [0.1, 0.15) is 33.1 Å². The van der Waals surface area contributed by atoms with Crippen molar-refractivity contribution in [3.63, 3.8) is 0 Å². The van der Waals surface area contributed by atoms with E-state index in [-0.39, 0.29) is 0 Å². The highest BCUT2D eigenvalue weighted by molar-refractivity contribution is 6.29. The number of hydrogen-bond donors (Lipinski definition) is 0. The molecule has 2 saturated heterocycles. The third kappa shape index (κ3) is 4.78. The van der Waals surface area contributed by atoms with Gasteiger partial charge < -0.3 is 9.64 Å². The van der Waals surface area contributed by atoms with Crippen LogP contribution in [0.2, 0.25) is 5.15 Å². The zero-order valence-corrected chi connectivity index (χ0v) is 14.9. The van der Waals surface area contributed by atoms with E-state index in [0.29, 0.717) is 17.4 Å². The summed E-state index contributed by atoms with van der Waals surface area (Å²) in [6, 6.07) is 0. The van der Waals surface area contributed by atoms with Crippen molar-refractivity contribution in [2.45, 2.75) is 45.3 Å². The zero-order valence-electron chi connectivity index (χ0n) is 14.1. The number of rotatable bonds is 4. The number of hydrogen-bond acceptors (Lipinski definition) is 5. The molecule has 0 aromatic carbocycles. The molecule has 128 valence electrons. The maximum Gasteiger partial charge on any atom is 0.149 e. The van der Waals surface area contributed by atoms with Crippen molar-refractivity contribution in [1.82, 2.24) is 14.9 Å². The van der Waals surface area contributed by atoms with Crippen LogP contribution >= 0.6 is 11.6 Å². The number of ether oxygens (including phenoxy) is 1. The lowest BCUT2D eigenvalue weighted by molar-refractivity contribution is -0.0690. The Balaban J connectivity index is 1.42. The lowest BCUT2D eigenvalue weighted by atomic mass is 9.93. The molecular formula is C17H27ClN4O. The summed E-state index contributed by atoms with van der Waals surface area (Å²) in [6.45, 7) is 9.79. The molecule has 5 nitrogen and oxygen atoms in total. The van der Waals surface area contributed by atoms with E-state index in [1.54, 1.807) is 6.20 Å². The molecule has 2 atom stereocenters. The number of halogens is 1. The third-order valence-electron chi connectivity index (χ3n) is 4.88. The van der Waals surface area contributed by atoms with Crippen molar-refractivity contribution in [3.8, 4) is 0 Å². The summed E-state index contributed by atoms with van der Waals surface area (Å²) in [5, 5.41) is 0.472. The molecule has 2 aliphatic heterocycles. The number of aromatic nitrogens is 2. The van der Waals surface area contributed by atoms with Gasteiger partial charge in [0.2, 0.25) is 0 Å². The van der Waals surface area contributed by atoms with Gasteiger partial charge in [0.15, 0.2) is 0 Å². The van der Waals surface area contributed by atoms with Crippen LogP contribution in [-0.2, 0) is 4.74 Å². The fraction of sp³-hybridized carbons (Fsp3) is 0.765. The van der Waals surface area contributed by atoms with E-state index < -0.39 is 0 Å². The average molecular weight is 339 g/mol. The van der Waals surface area contributed by atoms with Gasteiger partial charge >= 0.3 is 0 Å². The summed E-state index contributed by atoms with van der Waals surface area (Å²) in [5.74, 6) is 1.72. The second-order valence-corrected chi connectivity index (χ2v) is 7.32. The fourth-order valence-electron chi connectivity index (χ4n) is 3.77. The molecule has 1 aromatic heterocycles. The predicted molar refractivity (Wildman–Crippen MR) is 93.0 cm³/mol. The van der Waals surface area contributed by atoms with E-state index in [2.05, 4.69) is 33.6 Å². The lowest BCUT2D eigenvalue weighted by Crippen LogP contribution is -2.46. The van der Waals surface area contributed by atoms with Gasteiger partial charge in [-0.2, -0.15) is 0 Å². The minimum Gasteiger partial charge on any atom is -0.373 e. The molecule has 0 bridgehead atoms. The summed E-state index contributed by atoms with van der Waals surface area (Å²) < 4.78 is 5.81. The van der Waals surface area contributed by atoms with Gasteiger partial charge in [0.1, 0.15) is 11.0 Å². The molecule has 3 heterocycles. The summed E-state index contributed by atoms with van der Waals surface area (Å²) in [6.07, 6.45) is 7.86. The second kappa shape index (κ2) is 7.77. The minimum atomic E-state index is 0.363. The molecule has 0 radical (unpaired) electrons. The van der Waals surface area contributed by atoms with Crippen LogP contribution in [-0.4, -0.2) is 59.8 Å². The molecule has 2 fully saturated rings. The SMILES string of the molecule is CC1CN(CCC2CCN(c3cncc(Cl)n3)CC2)CC(C)O1. The van der Waals surface area contributed by atoms with Crippen molar-refractivity contribution in [3.05, 3.63) is 17.5 Å². The summed E-state index contributed by atoms with van der Waals surface area (Å²) in [7, 11) is 0. The Morgan fingerprint density at radius 2 is 1.87 bits per heavy atom. The van der Waals surface area contributed by atoms with Crippen LogP contribution in [0.15, 0.2) is 12.4 Å². The Labute approximate surface area is 144 Å². The summed E-state index contributed by atoms with van der Waals surface area (Å²) in [4.78, 5) is 13.4. The Morgan fingerprint density at radius 1 is 1.17 bits per heavy atom. The second-order valence-electron chi connectivity index (χ2n) is 6.94. The van der Waals surface area contributed by atoms with Gasteiger partial charge in [-0.1, -0.05) is 11.6 Å². The van der Waals surface area contributed by atoms with Crippen LogP contribution in [0.4, 0.5) is 5.82 Å². The van der Waals surface area contributed by atoms with E-state index in [1.807, 2.05) is 6.20 Å². The molecule has 3 rings (SSSR count). The number of nitrogens with zero attached hydrogens (tertiary/aromatic N) is 4. The standard InChI is InChI=1S/C17H27ClN4O/c1-13-11-21(12-14(2)23-13)6-3-15-4-7-22(8-5-15)17-10-19-9-16(18)20-17/h9-10,13-15H,3-8,11-12H2,1-2H3. The van der Waals surface area contributed by atoms with E-state index in [9.17, 15) is 0 Å². The van der Waals surface area contributed by atoms with Crippen LogP contribution in [0.25, 0.3) is 0 Å². The van der Waals surface area contributed by atoms with Crippen LogP contribution in [0.5, 0.6) is 0 Å². The Morgan fingerprint density at radius 3 is 2.52 bits per heavy atom. The van der Waals surface area contributed by atoms with E-state index >= 15 is 0 Å². The first-order valence-electron chi connectivity index (χ1n) is 8.70. The summed E-state index contributed by atoms with van der Waals surface area (Å²) in [5.41, 5.74) is 0. The van der Waals surface area contributed by atoms with Gasteiger partial charge in [-0.25, -0.2) is 4.98 Å². The molecule has 1 aromatic rings. The Kier molecular flexibility index (Phi) is 5.72. The maximum absolute atomic E-state index is 5.94. The Bertz CT molecular complexity index is 497. The van der Waals surface area contributed by atoms with Crippen molar-refractivity contribution in [2.75, 3.05) is 37.6 Å². The fourth-order valence-corrected chi connectivity index (χ4v) is 3.91. The predicted octanol–water partition coefficient (Wildman–Crippen LogP) is 2.85. The van der Waals surface area contributed by atoms with Gasteiger partial charge in [0.05, 0.1) is 24.6 Å². The van der Waals surface area contributed by atoms with Crippen LogP contribution in [0, 0.1) is 5.92 Å². The molecule has 0 saturated carbocycles. The number of piperidine rings is 1. The smallest absolute Gasteiger partial charge is 0.149 e. The highest BCUT2D eigenvalue weighted by Crippen LogP contribution is 2.25. The van der Waals surface area contributed by atoms with Gasteiger partial charge in [0, 0.05) is 26.2 Å². The van der Waals surface area contributed by atoms with Crippen LogP contribution < -0.4 is 4.90 Å². The largest absolute Gasteiger partial charge is 0.373 e. The maximum atomic E-state index is 5.94. The molecule has 6 heteroatoms. The van der Waals surface area contributed by atoms with Crippen molar-refractivity contribution >= 4 is 17.4 Å². The van der Waals surface area contributed by atoms with Gasteiger partial charge in [-0.05, 0) is 45.6 Å². The molecule has 2 aliphatic rings. The molecule has 0 amide bonds. The quantitative estimate of drug-likeness (QED) is 0.844. The first-order chi connectivity index (χ1) is 11.1. The van der Waals surface area contributed by atoms with Gasteiger partial charge in [-0.15, -0.1) is 0 Å². The molecule has 2 unspecified atom stereocenters. The first kappa shape index (κ1) is 16.9. The molecule has 0 spiro atoms. The third-order valence-corrected chi connectivity index (χ3v) is 5.06. The topological polar surface area (TPSA) is 41.5 Å². The monoisotopic (exact) mass is 338 g/mol. The van der Waals surface area contributed by atoms with Crippen molar-refractivity contribution in [2.24, 2.45) is 5.92 Å². The van der Waals surface area contributed by atoms with Gasteiger partial charge in [-0.3, -0.25) is 9.88 Å². The highest BCUT2D eigenvalue weighted by atomic mass is 35.5. The van der Waals surface area contributed by atoms with E-state index in [4.69, 9.17) is 16.3 Å². The number of morpholine rings is 1. The van der Waals surface area contributed by atoms with Crippen molar-refractivity contribution < 1.29 is 4.74 Å². The van der Waals surface area contributed by atoms with Crippen LogP contribution in [0.3, 0.4) is 0 Å². The highest BCUT2D eigenvalue weighted by Gasteiger charge is 2.24. The van der Waals surface area contributed by atoms with E-state index in [0.717, 1.165) is 37.9 Å². The molecule has 0 aliphatic carbocycles. The lowest BCUT2D eigenvalue weighted by Gasteiger charge is -2.37. The molecule has 23 heavy (non-hydrogen) atoms. The molecule has 0 N–H and O–H groups in total. The zero-order chi connectivity index (χ0) is 16.2. The Hall–Kier alpha value is -0.910. The van der Waals surface area contributed by atoms with E-state index in [1.165, 1.54) is 25.8 Å². The first-order valence-corrected chi connectivity index (χ1v) is 9.08. The molecular weight excluding hydrogens is 312 g/mol. The average Bonchev–Trinajstić information content (AvgIpc) is 2.52. The number of anilines is 1. The van der Waals surface area contributed by atoms with Gasteiger partial charge in [0.25, 0.3) is 0 Å².